The first-order valence-corrected chi connectivity index (χ1v) is 5.71. The molecule has 0 fully saturated rings. The molecule has 2 N–H and O–H groups in total. The maximum absolute atomic E-state index is 11.1. The van der Waals surface area contributed by atoms with Crippen LogP contribution in [0, 0.1) is 5.92 Å². The van der Waals surface area contributed by atoms with Crippen LogP contribution in [0.1, 0.15) is 20.3 Å². The van der Waals surface area contributed by atoms with Gasteiger partial charge in [0.15, 0.2) is 0 Å². The molecule has 0 spiro atoms. The van der Waals surface area contributed by atoms with Crippen molar-refractivity contribution in [3.63, 3.8) is 0 Å². The summed E-state index contributed by atoms with van der Waals surface area (Å²) in [6.45, 7) is 4.05. The first-order chi connectivity index (χ1) is 5.48. The summed E-state index contributed by atoms with van der Waals surface area (Å²) in [4.78, 5) is 0. The normalized spacial score (nSPS) is 12.3. The third kappa shape index (κ3) is 6.57. The summed E-state index contributed by atoms with van der Waals surface area (Å²) in [5.74, 6) is 0.287. The van der Waals surface area contributed by atoms with E-state index in [1.807, 2.05) is 13.8 Å². The summed E-state index contributed by atoms with van der Waals surface area (Å²) in [5.41, 5.74) is 0. The molecule has 0 heterocycles. The van der Waals surface area contributed by atoms with E-state index in [2.05, 4.69) is 4.72 Å². The molecule has 0 unspecified atom stereocenters. The monoisotopic (exact) mass is 195 g/mol. The highest BCUT2D eigenvalue weighted by Crippen LogP contribution is 1.96. The SMILES string of the molecule is CC(C)CS(=O)(=O)NCCCO. The van der Waals surface area contributed by atoms with Crippen LogP contribution in [0.4, 0.5) is 0 Å². The van der Waals surface area contributed by atoms with Gasteiger partial charge in [-0.05, 0) is 12.3 Å². The Hall–Kier alpha value is -0.130. The van der Waals surface area contributed by atoms with Gasteiger partial charge >= 0.3 is 0 Å². The second kappa shape index (κ2) is 5.50. The van der Waals surface area contributed by atoms with Crippen molar-refractivity contribution in [3.05, 3.63) is 0 Å². The Balaban J connectivity index is 3.73. The fraction of sp³-hybridized carbons (Fsp3) is 1.00. The molecule has 0 aromatic rings. The van der Waals surface area contributed by atoms with Crippen molar-refractivity contribution in [3.8, 4) is 0 Å². The van der Waals surface area contributed by atoms with E-state index in [0.717, 1.165) is 0 Å². The Labute approximate surface area is 74.0 Å². The summed E-state index contributed by atoms with van der Waals surface area (Å²) in [6.07, 6.45) is 0.470. The molecule has 0 aliphatic rings. The largest absolute Gasteiger partial charge is 0.396 e. The predicted molar refractivity (Wildman–Crippen MR) is 48.3 cm³/mol. The Bertz CT molecular complexity index is 199. The van der Waals surface area contributed by atoms with E-state index in [-0.39, 0.29) is 18.3 Å². The maximum atomic E-state index is 11.1. The van der Waals surface area contributed by atoms with Crippen LogP contribution in [0.25, 0.3) is 0 Å². The summed E-state index contributed by atoms with van der Waals surface area (Å²) in [5, 5.41) is 8.41. The number of hydrogen-bond donors (Lipinski definition) is 2. The quantitative estimate of drug-likeness (QED) is 0.584. The topological polar surface area (TPSA) is 66.4 Å². The van der Waals surface area contributed by atoms with Gasteiger partial charge in [0.1, 0.15) is 0 Å². The highest BCUT2D eigenvalue weighted by Gasteiger charge is 2.10. The molecule has 0 aromatic carbocycles. The van der Waals surface area contributed by atoms with Gasteiger partial charge in [0.05, 0.1) is 5.75 Å². The molecule has 0 amide bonds. The summed E-state index contributed by atoms with van der Waals surface area (Å²) < 4.78 is 24.6. The third-order valence-electron chi connectivity index (χ3n) is 1.21. The second-order valence-electron chi connectivity index (χ2n) is 3.15. The molecule has 4 nitrogen and oxygen atoms in total. The fourth-order valence-electron chi connectivity index (χ4n) is 0.804. The van der Waals surface area contributed by atoms with Gasteiger partial charge in [-0.3, -0.25) is 0 Å². The van der Waals surface area contributed by atoms with Crippen LogP contribution < -0.4 is 4.72 Å². The molecule has 0 rings (SSSR count). The lowest BCUT2D eigenvalue weighted by atomic mass is 10.3. The van der Waals surface area contributed by atoms with Crippen LogP contribution in [0.3, 0.4) is 0 Å². The average molecular weight is 195 g/mol. The number of aliphatic hydroxyl groups excluding tert-OH is 1. The number of sulfonamides is 1. The minimum absolute atomic E-state index is 0.0181. The highest BCUT2D eigenvalue weighted by molar-refractivity contribution is 7.89. The second-order valence-corrected chi connectivity index (χ2v) is 5.00. The summed E-state index contributed by atoms with van der Waals surface area (Å²) >= 11 is 0. The van der Waals surface area contributed by atoms with Gasteiger partial charge in [0, 0.05) is 13.2 Å². The van der Waals surface area contributed by atoms with Crippen molar-refractivity contribution in [1.82, 2.24) is 4.72 Å². The van der Waals surface area contributed by atoms with Crippen LogP contribution in [-0.4, -0.2) is 32.4 Å². The van der Waals surface area contributed by atoms with Gasteiger partial charge in [0.2, 0.25) is 10.0 Å². The van der Waals surface area contributed by atoms with Gasteiger partial charge in [-0.15, -0.1) is 0 Å². The summed E-state index contributed by atoms with van der Waals surface area (Å²) in [7, 11) is -3.11. The van der Waals surface area contributed by atoms with Crippen molar-refractivity contribution in [2.75, 3.05) is 18.9 Å². The van der Waals surface area contributed by atoms with E-state index in [1.165, 1.54) is 0 Å². The van der Waals surface area contributed by atoms with Crippen molar-refractivity contribution in [2.24, 2.45) is 5.92 Å². The average Bonchev–Trinajstić information content (AvgIpc) is 1.84. The number of hydrogen-bond acceptors (Lipinski definition) is 3. The van der Waals surface area contributed by atoms with Crippen molar-refractivity contribution in [1.29, 1.82) is 0 Å². The van der Waals surface area contributed by atoms with E-state index >= 15 is 0 Å². The number of rotatable bonds is 6. The maximum Gasteiger partial charge on any atom is 0.211 e. The predicted octanol–water partition coefficient (Wildman–Crippen LogP) is -0.0558. The molecular formula is C7H17NO3S. The van der Waals surface area contributed by atoms with Crippen molar-refractivity contribution in [2.45, 2.75) is 20.3 Å². The van der Waals surface area contributed by atoms with Crippen molar-refractivity contribution < 1.29 is 13.5 Å². The molecule has 0 saturated heterocycles. The molecule has 0 atom stereocenters. The Kier molecular flexibility index (Phi) is 5.44. The zero-order chi connectivity index (χ0) is 9.61. The Morgan fingerprint density at radius 2 is 2.00 bits per heavy atom. The van der Waals surface area contributed by atoms with Gasteiger partial charge in [-0.1, -0.05) is 13.8 Å². The fourth-order valence-corrected chi connectivity index (χ4v) is 2.26. The molecule has 0 aliphatic heterocycles. The number of aliphatic hydroxyl groups is 1. The minimum Gasteiger partial charge on any atom is -0.396 e. The van der Waals surface area contributed by atoms with E-state index in [1.54, 1.807) is 0 Å². The number of nitrogens with one attached hydrogen (secondary N) is 1. The van der Waals surface area contributed by atoms with Gasteiger partial charge in [-0.25, -0.2) is 13.1 Å². The first kappa shape index (κ1) is 11.9. The lowest BCUT2D eigenvalue weighted by molar-refractivity contribution is 0.289. The molecule has 0 bridgehead atoms. The molecule has 0 aromatic heterocycles. The highest BCUT2D eigenvalue weighted by atomic mass is 32.2. The zero-order valence-electron chi connectivity index (χ0n) is 7.58. The first-order valence-electron chi connectivity index (χ1n) is 4.06. The molecule has 0 aliphatic carbocycles. The van der Waals surface area contributed by atoms with Crippen LogP contribution in [0.5, 0.6) is 0 Å². The lowest BCUT2D eigenvalue weighted by Crippen LogP contribution is -2.29. The van der Waals surface area contributed by atoms with E-state index in [0.29, 0.717) is 13.0 Å². The van der Waals surface area contributed by atoms with Gasteiger partial charge < -0.3 is 5.11 Å². The Morgan fingerprint density at radius 3 is 2.42 bits per heavy atom. The van der Waals surface area contributed by atoms with Crippen LogP contribution in [0.2, 0.25) is 0 Å². The van der Waals surface area contributed by atoms with Crippen LogP contribution in [-0.2, 0) is 10.0 Å². The van der Waals surface area contributed by atoms with Crippen molar-refractivity contribution >= 4 is 10.0 Å². The van der Waals surface area contributed by atoms with E-state index in [4.69, 9.17) is 5.11 Å². The summed E-state index contributed by atoms with van der Waals surface area (Å²) in [6, 6.07) is 0. The lowest BCUT2D eigenvalue weighted by Gasteiger charge is -2.07. The van der Waals surface area contributed by atoms with Gasteiger partial charge in [0.25, 0.3) is 0 Å². The standard InChI is InChI=1S/C7H17NO3S/c1-7(2)6-12(10,11)8-4-3-5-9/h7-9H,3-6H2,1-2H3. The molecular weight excluding hydrogens is 178 g/mol. The smallest absolute Gasteiger partial charge is 0.211 e. The van der Waals surface area contributed by atoms with E-state index < -0.39 is 10.0 Å². The molecule has 74 valence electrons. The minimum atomic E-state index is -3.11. The van der Waals surface area contributed by atoms with Crippen LogP contribution in [0.15, 0.2) is 0 Å². The molecule has 0 saturated carbocycles. The third-order valence-corrected chi connectivity index (χ3v) is 2.96. The zero-order valence-corrected chi connectivity index (χ0v) is 8.39. The Morgan fingerprint density at radius 1 is 1.42 bits per heavy atom. The van der Waals surface area contributed by atoms with Crippen LogP contribution >= 0.6 is 0 Å². The van der Waals surface area contributed by atoms with E-state index in [9.17, 15) is 8.42 Å². The molecule has 5 heteroatoms. The molecule has 0 radical (unpaired) electrons. The van der Waals surface area contributed by atoms with Gasteiger partial charge in [-0.2, -0.15) is 0 Å². The molecule has 12 heavy (non-hydrogen) atoms.